The smallest absolute Gasteiger partial charge is 0.265 e. The minimum Gasteiger partial charge on any atom is -0.326 e. The van der Waals surface area contributed by atoms with Crippen LogP contribution in [0.5, 0.6) is 0 Å². The molecule has 5 rings (SSSR count). The van der Waals surface area contributed by atoms with Crippen LogP contribution in [0.25, 0.3) is 11.0 Å². The Kier molecular flexibility index (Phi) is 5.76. The first-order chi connectivity index (χ1) is 16.7. The summed E-state index contributed by atoms with van der Waals surface area (Å²) in [5, 5.41) is 10.2. The van der Waals surface area contributed by atoms with Crippen LogP contribution >= 0.6 is 11.8 Å². The summed E-state index contributed by atoms with van der Waals surface area (Å²) in [4.78, 5) is 38.1. The lowest BCUT2D eigenvalue weighted by Crippen LogP contribution is -2.27. The molecule has 12 nitrogen and oxygen atoms in total. The minimum absolute atomic E-state index is 0.0206. The van der Waals surface area contributed by atoms with Crippen molar-refractivity contribution in [1.29, 1.82) is 0 Å². The van der Waals surface area contributed by atoms with Gasteiger partial charge in [0.25, 0.3) is 15.6 Å². The summed E-state index contributed by atoms with van der Waals surface area (Å²) < 4.78 is 29.4. The van der Waals surface area contributed by atoms with Crippen molar-refractivity contribution in [2.75, 3.05) is 15.8 Å². The Balaban J connectivity index is 1.26. The number of aryl methyl sites for hydroxylation is 2. The largest absolute Gasteiger partial charge is 0.326 e. The summed E-state index contributed by atoms with van der Waals surface area (Å²) in [5.74, 6) is 0.875. The van der Waals surface area contributed by atoms with E-state index in [1.165, 1.54) is 52.9 Å². The number of anilines is 2. The number of nitrogens with zero attached hydrogens (tertiary/aromatic N) is 5. The fourth-order valence-corrected chi connectivity index (χ4v) is 5.94. The SMILES string of the molecule is Cc1cc(NS(=O)(=O)c2ccc(NC(=O)CC3CSc4nc5[nH]ncc5c(=O)n43)cc2)nc(C)n1. The van der Waals surface area contributed by atoms with Crippen molar-refractivity contribution in [2.24, 2.45) is 0 Å². The summed E-state index contributed by atoms with van der Waals surface area (Å²) in [6.07, 6.45) is 1.49. The molecule has 3 N–H and O–H groups in total. The summed E-state index contributed by atoms with van der Waals surface area (Å²) in [7, 11) is -3.87. The van der Waals surface area contributed by atoms with Gasteiger partial charge < -0.3 is 5.32 Å². The number of hydrogen-bond donors (Lipinski definition) is 3. The van der Waals surface area contributed by atoms with E-state index >= 15 is 0 Å². The predicted molar refractivity (Wildman–Crippen MR) is 130 cm³/mol. The van der Waals surface area contributed by atoms with E-state index in [0.29, 0.717) is 39.1 Å². The molecule has 1 aliphatic heterocycles. The van der Waals surface area contributed by atoms with Gasteiger partial charge in [-0.2, -0.15) is 5.10 Å². The van der Waals surface area contributed by atoms with Crippen LogP contribution in [0.2, 0.25) is 0 Å². The number of thioether (sulfide) groups is 1. The Labute approximate surface area is 203 Å². The third-order valence-electron chi connectivity index (χ3n) is 5.33. The number of nitrogens with one attached hydrogen (secondary N) is 3. The number of benzene rings is 1. The highest BCUT2D eigenvalue weighted by molar-refractivity contribution is 7.99. The van der Waals surface area contributed by atoms with Crippen molar-refractivity contribution >= 4 is 50.2 Å². The van der Waals surface area contributed by atoms with Gasteiger partial charge in [0.05, 0.1) is 17.1 Å². The number of H-pyrrole nitrogens is 1. The molecule has 1 aromatic carbocycles. The van der Waals surface area contributed by atoms with Gasteiger partial charge in [0.15, 0.2) is 10.8 Å². The van der Waals surface area contributed by atoms with Crippen molar-refractivity contribution in [1.82, 2.24) is 29.7 Å². The van der Waals surface area contributed by atoms with Crippen LogP contribution in [0.15, 0.2) is 51.4 Å². The fraction of sp³-hybridized carbons (Fsp3) is 0.238. The van der Waals surface area contributed by atoms with Crippen LogP contribution in [-0.2, 0) is 14.8 Å². The number of hydrogen-bond acceptors (Lipinski definition) is 9. The lowest BCUT2D eigenvalue weighted by atomic mass is 10.2. The second-order valence-electron chi connectivity index (χ2n) is 7.99. The Morgan fingerprint density at radius 2 is 1.97 bits per heavy atom. The molecular formula is C21H20N8O4S2. The van der Waals surface area contributed by atoms with Gasteiger partial charge in [-0.15, -0.1) is 0 Å². The number of carbonyl (C=O) groups is 1. The highest BCUT2D eigenvalue weighted by atomic mass is 32.2. The maximum Gasteiger partial charge on any atom is 0.265 e. The van der Waals surface area contributed by atoms with Gasteiger partial charge in [-0.25, -0.2) is 23.4 Å². The predicted octanol–water partition coefficient (Wildman–Crippen LogP) is 2.00. The van der Waals surface area contributed by atoms with E-state index in [9.17, 15) is 18.0 Å². The van der Waals surface area contributed by atoms with E-state index in [4.69, 9.17) is 0 Å². The lowest BCUT2D eigenvalue weighted by molar-refractivity contribution is -0.116. The number of carbonyl (C=O) groups excluding carboxylic acids is 1. The molecule has 180 valence electrons. The normalized spacial score (nSPS) is 15.2. The van der Waals surface area contributed by atoms with Gasteiger partial charge in [-0.05, 0) is 38.1 Å². The highest BCUT2D eigenvalue weighted by Gasteiger charge is 2.29. The third-order valence-corrected chi connectivity index (χ3v) is 7.79. The molecule has 0 fully saturated rings. The number of sulfonamides is 1. The van der Waals surface area contributed by atoms with Gasteiger partial charge in [0, 0.05) is 29.6 Å². The molecule has 1 atom stereocenters. The molecule has 35 heavy (non-hydrogen) atoms. The molecule has 1 amide bonds. The number of aromatic nitrogens is 6. The third kappa shape index (κ3) is 4.61. The molecule has 4 aromatic rings. The van der Waals surface area contributed by atoms with Crippen LogP contribution < -0.4 is 15.6 Å². The Hall–Kier alpha value is -3.78. The van der Waals surface area contributed by atoms with E-state index in [2.05, 4.69) is 35.2 Å². The van der Waals surface area contributed by atoms with Crippen molar-refractivity contribution in [3.8, 4) is 0 Å². The average molecular weight is 513 g/mol. The van der Waals surface area contributed by atoms with Crippen LogP contribution in [0.3, 0.4) is 0 Å². The zero-order valence-electron chi connectivity index (χ0n) is 18.6. The van der Waals surface area contributed by atoms with Gasteiger partial charge >= 0.3 is 0 Å². The zero-order valence-corrected chi connectivity index (χ0v) is 20.3. The molecule has 14 heteroatoms. The lowest BCUT2D eigenvalue weighted by Gasteiger charge is -2.13. The van der Waals surface area contributed by atoms with Crippen molar-refractivity contribution in [2.45, 2.75) is 36.4 Å². The first-order valence-corrected chi connectivity index (χ1v) is 13.0. The topological polar surface area (TPSA) is 165 Å². The van der Waals surface area contributed by atoms with Crippen molar-refractivity contribution < 1.29 is 13.2 Å². The molecule has 1 unspecified atom stereocenters. The van der Waals surface area contributed by atoms with Crippen molar-refractivity contribution in [3.05, 3.63) is 58.4 Å². The van der Waals surface area contributed by atoms with E-state index in [-0.39, 0.29) is 34.6 Å². The summed E-state index contributed by atoms with van der Waals surface area (Å²) in [6, 6.07) is 6.98. The Morgan fingerprint density at radius 1 is 1.20 bits per heavy atom. The van der Waals surface area contributed by atoms with Crippen LogP contribution in [-0.4, -0.2) is 49.8 Å². The molecule has 0 aliphatic carbocycles. The maximum absolute atomic E-state index is 12.8. The average Bonchev–Trinajstić information content (AvgIpc) is 3.41. The van der Waals surface area contributed by atoms with E-state index in [1.54, 1.807) is 13.8 Å². The molecule has 3 aromatic heterocycles. The minimum atomic E-state index is -3.87. The first kappa shape index (κ1) is 23.0. The number of fused-ring (bicyclic) bond motifs is 2. The quantitative estimate of drug-likeness (QED) is 0.328. The summed E-state index contributed by atoms with van der Waals surface area (Å²) >= 11 is 1.41. The number of amides is 1. The summed E-state index contributed by atoms with van der Waals surface area (Å²) in [5.41, 5.74) is 1.26. The first-order valence-electron chi connectivity index (χ1n) is 10.5. The second kappa shape index (κ2) is 8.78. The molecule has 1 aliphatic rings. The van der Waals surface area contributed by atoms with Crippen LogP contribution in [0.4, 0.5) is 11.5 Å². The summed E-state index contributed by atoms with van der Waals surface area (Å²) in [6.45, 7) is 3.42. The molecule has 4 heterocycles. The molecule has 0 spiro atoms. The standard InChI is InChI=1S/C21H20N8O4S2/c1-11-7-17(24-12(2)23-11)28-35(32,33)15-5-3-13(4-6-15)25-18(30)8-14-10-34-21-26-19-16(9-22-27-19)20(31)29(14)21/h3-7,9,14H,8,10H2,1-2H3,(H,22,27)(H,25,30)(H,23,24,28). The van der Waals surface area contributed by atoms with Crippen LogP contribution in [0.1, 0.15) is 24.0 Å². The number of aromatic amines is 1. The highest BCUT2D eigenvalue weighted by Crippen LogP contribution is 2.33. The van der Waals surface area contributed by atoms with E-state index < -0.39 is 10.0 Å². The van der Waals surface area contributed by atoms with Crippen molar-refractivity contribution in [3.63, 3.8) is 0 Å². The van der Waals surface area contributed by atoms with E-state index in [0.717, 1.165) is 0 Å². The van der Waals surface area contributed by atoms with Crippen LogP contribution in [0, 0.1) is 13.8 Å². The van der Waals surface area contributed by atoms with Gasteiger partial charge in [-0.3, -0.25) is 24.0 Å². The molecule has 0 bridgehead atoms. The van der Waals surface area contributed by atoms with E-state index in [1.807, 2.05) is 0 Å². The Morgan fingerprint density at radius 3 is 2.71 bits per heavy atom. The maximum atomic E-state index is 12.8. The molecular weight excluding hydrogens is 492 g/mol. The molecule has 0 saturated heterocycles. The van der Waals surface area contributed by atoms with Gasteiger partial charge in [0.2, 0.25) is 5.91 Å². The molecule has 0 radical (unpaired) electrons. The zero-order chi connectivity index (χ0) is 24.7. The monoisotopic (exact) mass is 512 g/mol. The fourth-order valence-electron chi connectivity index (χ4n) is 3.82. The molecule has 0 saturated carbocycles. The number of rotatable bonds is 6. The van der Waals surface area contributed by atoms with Gasteiger partial charge in [-0.1, -0.05) is 11.8 Å². The van der Waals surface area contributed by atoms with Gasteiger partial charge in [0.1, 0.15) is 17.0 Å². The Bertz CT molecular complexity index is 1590. The second-order valence-corrected chi connectivity index (χ2v) is 10.7.